The molecule has 0 saturated heterocycles. The first-order valence-electron chi connectivity index (χ1n) is 6.06. The zero-order chi connectivity index (χ0) is 13.2. The molecular formula is C17H12O2. The predicted molar refractivity (Wildman–Crippen MR) is 76.4 cm³/mol. The molecule has 3 aromatic rings. The Hall–Kier alpha value is -2.61. The van der Waals surface area contributed by atoms with Gasteiger partial charge < -0.3 is 5.11 Å². The molecule has 0 fully saturated rings. The molecule has 0 aromatic heterocycles. The number of hydrogen-bond donors (Lipinski definition) is 1. The second kappa shape index (κ2) is 4.58. The summed E-state index contributed by atoms with van der Waals surface area (Å²) in [6.07, 6.45) is 0.863. The number of rotatable bonds is 2. The number of carbonyl (C=O) groups excluding carboxylic acids is 1. The summed E-state index contributed by atoms with van der Waals surface area (Å²) in [5, 5.41) is 11.5. The number of fused-ring (bicyclic) bond motifs is 1. The SMILES string of the molecule is O=Cc1ccccc1-c1ccc2c(O)cccc2c1. The van der Waals surface area contributed by atoms with E-state index in [9.17, 15) is 9.90 Å². The minimum absolute atomic E-state index is 0.271. The van der Waals surface area contributed by atoms with Crippen molar-refractivity contribution in [2.24, 2.45) is 0 Å². The van der Waals surface area contributed by atoms with Crippen molar-refractivity contribution in [3.8, 4) is 16.9 Å². The molecule has 19 heavy (non-hydrogen) atoms. The lowest BCUT2D eigenvalue weighted by Crippen LogP contribution is -1.87. The van der Waals surface area contributed by atoms with E-state index in [0.717, 1.165) is 28.2 Å². The molecular weight excluding hydrogens is 236 g/mol. The molecule has 2 heteroatoms. The average molecular weight is 248 g/mol. The van der Waals surface area contributed by atoms with E-state index in [1.807, 2.05) is 48.5 Å². The Kier molecular flexibility index (Phi) is 2.76. The highest BCUT2D eigenvalue weighted by Gasteiger charge is 2.05. The average Bonchev–Trinajstić information content (AvgIpc) is 2.47. The highest BCUT2D eigenvalue weighted by Crippen LogP contribution is 2.30. The van der Waals surface area contributed by atoms with Crippen LogP contribution in [0.1, 0.15) is 10.4 Å². The van der Waals surface area contributed by atoms with Gasteiger partial charge in [-0.25, -0.2) is 0 Å². The van der Waals surface area contributed by atoms with Gasteiger partial charge in [-0.05, 0) is 28.6 Å². The lowest BCUT2D eigenvalue weighted by atomic mass is 9.97. The van der Waals surface area contributed by atoms with Crippen LogP contribution < -0.4 is 0 Å². The van der Waals surface area contributed by atoms with Crippen LogP contribution in [0.25, 0.3) is 21.9 Å². The van der Waals surface area contributed by atoms with Crippen LogP contribution in [0.15, 0.2) is 60.7 Å². The number of phenols is 1. The number of aromatic hydroxyl groups is 1. The number of aldehydes is 1. The minimum atomic E-state index is 0.271. The maximum absolute atomic E-state index is 11.1. The van der Waals surface area contributed by atoms with Gasteiger partial charge >= 0.3 is 0 Å². The van der Waals surface area contributed by atoms with E-state index in [0.29, 0.717) is 5.56 Å². The molecule has 0 atom stereocenters. The van der Waals surface area contributed by atoms with Gasteiger partial charge in [-0.1, -0.05) is 48.5 Å². The van der Waals surface area contributed by atoms with Crippen LogP contribution in [-0.4, -0.2) is 11.4 Å². The Morgan fingerprint density at radius 1 is 0.895 bits per heavy atom. The quantitative estimate of drug-likeness (QED) is 0.695. The third-order valence-electron chi connectivity index (χ3n) is 3.26. The topological polar surface area (TPSA) is 37.3 Å². The Bertz CT molecular complexity index is 760. The zero-order valence-electron chi connectivity index (χ0n) is 10.2. The third-order valence-corrected chi connectivity index (χ3v) is 3.26. The first-order valence-corrected chi connectivity index (χ1v) is 6.06. The lowest BCUT2D eigenvalue weighted by Gasteiger charge is -2.07. The normalized spacial score (nSPS) is 10.5. The van der Waals surface area contributed by atoms with E-state index in [2.05, 4.69) is 0 Å². The molecule has 0 aliphatic rings. The smallest absolute Gasteiger partial charge is 0.150 e. The van der Waals surface area contributed by atoms with E-state index in [1.165, 1.54) is 0 Å². The number of carbonyl (C=O) groups is 1. The summed E-state index contributed by atoms with van der Waals surface area (Å²) in [5.74, 6) is 0.271. The van der Waals surface area contributed by atoms with Crippen LogP contribution >= 0.6 is 0 Å². The summed E-state index contributed by atoms with van der Waals surface area (Å²) in [4.78, 5) is 11.1. The third kappa shape index (κ3) is 1.97. The van der Waals surface area contributed by atoms with E-state index in [1.54, 1.807) is 12.1 Å². The molecule has 92 valence electrons. The first kappa shape index (κ1) is 11.5. The van der Waals surface area contributed by atoms with Crippen LogP contribution in [0.3, 0.4) is 0 Å². The fraction of sp³-hybridized carbons (Fsp3) is 0. The highest BCUT2D eigenvalue weighted by atomic mass is 16.3. The van der Waals surface area contributed by atoms with Gasteiger partial charge in [-0.3, -0.25) is 4.79 Å². The monoisotopic (exact) mass is 248 g/mol. The fourth-order valence-electron chi connectivity index (χ4n) is 2.30. The zero-order valence-corrected chi connectivity index (χ0v) is 10.2. The molecule has 0 amide bonds. The Morgan fingerprint density at radius 2 is 1.74 bits per heavy atom. The van der Waals surface area contributed by atoms with Crippen LogP contribution in [0, 0.1) is 0 Å². The summed E-state index contributed by atoms with van der Waals surface area (Å²) in [5.41, 5.74) is 2.55. The predicted octanol–water partition coefficient (Wildman–Crippen LogP) is 4.02. The largest absolute Gasteiger partial charge is 0.507 e. The van der Waals surface area contributed by atoms with Crippen LogP contribution in [0.5, 0.6) is 5.75 Å². The Labute approximate surface area is 110 Å². The molecule has 2 nitrogen and oxygen atoms in total. The van der Waals surface area contributed by atoms with Gasteiger partial charge in [0, 0.05) is 10.9 Å². The fourth-order valence-corrected chi connectivity index (χ4v) is 2.30. The van der Waals surface area contributed by atoms with Crippen molar-refractivity contribution in [3.63, 3.8) is 0 Å². The Balaban J connectivity index is 2.24. The van der Waals surface area contributed by atoms with Crippen molar-refractivity contribution in [3.05, 3.63) is 66.2 Å². The maximum atomic E-state index is 11.1. The van der Waals surface area contributed by atoms with Crippen molar-refractivity contribution >= 4 is 17.1 Å². The molecule has 3 aromatic carbocycles. The number of phenolic OH excluding ortho intramolecular Hbond substituents is 1. The van der Waals surface area contributed by atoms with Crippen LogP contribution in [0.4, 0.5) is 0 Å². The second-order valence-electron chi connectivity index (χ2n) is 4.42. The minimum Gasteiger partial charge on any atom is -0.507 e. The van der Waals surface area contributed by atoms with Gasteiger partial charge in [0.1, 0.15) is 5.75 Å². The Morgan fingerprint density at radius 3 is 2.58 bits per heavy atom. The molecule has 0 unspecified atom stereocenters. The van der Waals surface area contributed by atoms with Crippen molar-refractivity contribution in [2.75, 3.05) is 0 Å². The summed E-state index contributed by atoms with van der Waals surface area (Å²) < 4.78 is 0. The highest BCUT2D eigenvalue weighted by molar-refractivity contribution is 5.94. The summed E-state index contributed by atoms with van der Waals surface area (Å²) >= 11 is 0. The molecule has 0 saturated carbocycles. The standard InChI is InChI=1S/C17H12O2/c18-11-14-4-1-2-6-15(14)13-8-9-16-12(10-13)5-3-7-17(16)19/h1-11,19H. The first-order chi connectivity index (χ1) is 9.29. The maximum Gasteiger partial charge on any atom is 0.150 e. The van der Waals surface area contributed by atoms with Crippen molar-refractivity contribution in [1.29, 1.82) is 0 Å². The summed E-state index contributed by atoms with van der Waals surface area (Å²) in [6, 6.07) is 18.7. The van der Waals surface area contributed by atoms with E-state index >= 15 is 0 Å². The van der Waals surface area contributed by atoms with Crippen molar-refractivity contribution in [1.82, 2.24) is 0 Å². The van der Waals surface area contributed by atoms with Crippen LogP contribution in [0.2, 0.25) is 0 Å². The van der Waals surface area contributed by atoms with Gasteiger partial charge in [0.15, 0.2) is 6.29 Å². The number of hydrogen-bond acceptors (Lipinski definition) is 2. The molecule has 0 spiro atoms. The van der Waals surface area contributed by atoms with Crippen LogP contribution in [-0.2, 0) is 0 Å². The molecule has 3 rings (SSSR count). The lowest BCUT2D eigenvalue weighted by molar-refractivity contribution is 0.112. The van der Waals surface area contributed by atoms with E-state index in [4.69, 9.17) is 0 Å². The van der Waals surface area contributed by atoms with Crippen molar-refractivity contribution in [2.45, 2.75) is 0 Å². The van der Waals surface area contributed by atoms with Gasteiger partial charge in [0.2, 0.25) is 0 Å². The second-order valence-corrected chi connectivity index (χ2v) is 4.42. The molecule has 1 N–H and O–H groups in total. The number of benzene rings is 3. The molecule has 0 bridgehead atoms. The molecule has 0 heterocycles. The summed E-state index contributed by atoms with van der Waals surface area (Å²) in [7, 11) is 0. The van der Waals surface area contributed by atoms with Gasteiger partial charge in [-0.15, -0.1) is 0 Å². The summed E-state index contributed by atoms with van der Waals surface area (Å²) in [6.45, 7) is 0. The molecule has 0 aliphatic heterocycles. The van der Waals surface area contributed by atoms with Crippen molar-refractivity contribution < 1.29 is 9.90 Å². The van der Waals surface area contributed by atoms with Gasteiger partial charge in [0.05, 0.1) is 0 Å². The van der Waals surface area contributed by atoms with E-state index < -0.39 is 0 Å². The van der Waals surface area contributed by atoms with E-state index in [-0.39, 0.29) is 5.75 Å². The van der Waals surface area contributed by atoms with Gasteiger partial charge in [0.25, 0.3) is 0 Å². The molecule has 0 aliphatic carbocycles. The molecule has 0 radical (unpaired) electrons. The van der Waals surface area contributed by atoms with Gasteiger partial charge in [-0.2, -0.15) is 0 Å².